The second-order valence-corrected chi connectivity index (χ2v) is 8.94. The van der Waals surface area contributed by atoms with Crippen molar-refractivity contribution in [1.82, 2.24) is 9.62 Å². The molecule has 6 nitrogen and oxygen atoms in total. The van der Waals surface area contributed by atoms with Gasteiger partial charge in [-0.2, -0.15) is 0 Å². The van der Waals surface area contributed by atoms with Crippen LogP contribution in [0.25, 0.3) is 11.3 Å². The molecule has 0 bridgehead atoms. The van der Waals surface area contributed by atoms with E-state index in [9.17, 15) is 17.6 Å². The molecule has 1 amide bonds. The Morgan fingerprint density at radius 1 is 1.10 bits per heavy atom. The largest absolute Gasteiger partial charge is 0.459 e. The molecule has 3 rings (SSSR count). The van der Waals surface area contributed by atoms with Crippen LogP contribution >= 0.6 is 11.6 Å². The van der Waals surface area contributed by atoms with Gasteiger partial charge in [0.15, 0.2) is 0 Å². The molecule has 0 saturated heterocycles. The summed E-state index contributed by atoms with van der Waals surface area (Å²) in [6, 6.07) is 13.2. The topological polar surface area (TPSA) is 79.6 Å². The van der Waals surface area contributed by atoms with Crippen LogP contribution in [0.3, 0.4) is 0 Å². The highest BCUT2D eigenvalue weighted by atomic mass is 35.5. The first-order valence-corrected chi connectivity index (χ1v) is 10.4. The summed E-state index contributed by atoms with van der Waals surface area (Å²) in [5.74, 6) is 0.131. The maximum absolute atomic E-state index is 13.0. The molecular formula is C20H18ClFN2O4S. The summed E-state index contributed by atoms with van der Waals surface area (Å²) in [6.45, 7) is 0.0705. The Morgan fingerprint density at radius 3 is 2.45 bits per heavy atom. The number of nitrogens with one attached hydrogen (secondary N) is 1. The predicted octanol–water partition coefficient (Wildman–Crippen LogP) is 3.92. The summed E-state index contributed by atoms with van der Waals surface area (Å²) in [7, 11) is -0.894. The lowest BCUT2D eigenvalue weighted by Crippen LogP contribution is -2.25. The van der Waals surface area contributed by atoms with Crippen LogP contribution in [-0.4, -0.2) is 32.7 Å². The number of carbonyl (C=O) groups is 1. The van der Waals surface area contributed by atoms with E-state index in [0.717, 1.165) is 4.31 Å². The highest BCUT2D eigenvalue weighted by Crippen LogP contribution is 2.24. The van der Waals surface area contributed by atoms with E-state index in [2.05, 4.69) is 5.32 Å². The molecular weight excluding hydrogens is 419 g/mol. The molecule has 0 atom stereocenters. The number of rotatable bonds is 6. The Kier molecular flexibility index (Phi) is 6.07. The Morgan fingerprint density at radius 2 is 1.79 bits per heavy atom. The SMILES string of the molecule is CN(C)S(=O)(=O)c1ccc(Cl)c(C(=O)NCc2ccc(-c3ccc(F)cc3)o2)c1. The zero-order valence-corrected chi connectivity index (χ0v) is 17.2. The van der Waals surface area contributed by atoms with Crippen LogP contribution in [-0.2, 0) is 16.6 Å². The molecule has 9 heteroatoms. The van der Waals surface area contributed by atoms with Gasteiger partial charge in [0.25, 0.3) is 5.91 Å². The van der Waals surface area contributed by atoms with Gasteiger partial charge in [-0.3, -0.25) is 4.79 Å². The highest BCUT2D eigenvalue weighted by Gasteiger charge is 2.21. The van der Waals surface area contributed by atoms with Crippen molar-refractivity contribution in [2.75, 3.05) is 14.1 Å². The van der Waals surface area contributed by atoms with Crippen LogP contribution in [0.4, 0.5) is 4.39 Å². The minimum Gasteiger partial charge on any atom is -0.459 e. The van der Waals surface area contributed by atoms with Crippen LogP contribution < -0.4 is 5.32 Å². The normalized spacial score (nSPS) is 11.6. The van der Waals surface area contributed by atoms with Gasteiger partial charge in [0.2, 0.25) is 10.0 Å². The van der Waals surface area contributed by atoms with E-state index in [1.807, 2.05) is 0 Å². The van der Waals surface area contributed by atoms with E-state index in [4.69, 9.17) is 16.0 Å². The van der Waals surface area contributed by atoms with Gasteiger partial charge in [-0.05, 0) is 54.6 Å². The molecule has 0 unspecified atom stereocenters. The first-order valence-electron chi connectivity index (χ1n) is 8.53. The average molecular weight is 437 g/mol. The van der Waals surface area contributed by atoms with Crippen molar-refractivity contribution in [1.29, 1.82) is 0 Å². The van der Waals surface area contributed by atoms with Crippen molar-refractivity contribution in [2.24, 2.45) is 0 Å². The minimum absolute atomic E-state index is 0.0337. The number of halogens is 2. The summed E-state index contributed by atoms with van der Waals surface area (Å²) >= 11 is 6.08. The van der Waals surface area contributed by atoms with E-state index in [-0.39, 0.29) is 27.8 Å². The number of carbonyl (C=O) groups excluding carboxylic acids is 1. The Balaban J connectivity index is 1.74. The lowest BCUT2D eigenvalue weighted by molar-refractivity contribution is 0.0948. The summed E-state index contributed by atoms with van der Waals surface area (Å²) in [5, 5.41) is 2.78. The van der Waals surface area contributed by atoms with Crippen LogP contribution in [0.2, 0.25) is 5.02 Å². The predicted molar refractivity (Wildman–Crippen MR) is 108 cm³/mol. The molecule has 0 fully saturated rings. The van der Waals surface area contributed by atoms with E-state index < -0.39 is 15.9 Å². The molecule has 0 radical (unpaired) electrons. The van der Waals surface area contributed by atoms with Gasteiger partial charge in [0.1, 0.15) is 17.3 Å². The maximum atomic E-state index is 13.0. The average Bonchev–Trinajstić information content (AvgIpc) is 3.15. The van der Waals surface area contributed by atoms with Gasteiger partial charge in [0.05, 0.1) is 22.0 Å². The lowest BCUT2D eigenvalue weighted by atomic mass is 10.2. The summed E-state index contributed by atoms with van der Waals surface area (Å²) in [5.41, 5.74) is 0.744. The van der Waals surface area contributed by atoms with Crippen molar-refractivity contribution in [3.8, 4) is 11.3 Å². The summed E-state index contributed by atoms with van der Waals surface area (Å²) in [6.07, 6.45) is 0. The third-order valence-electron chi connectivity index (χ3n) is 4.17. The molecule has 0 aliphatic rings. The molecule has 1 aromatic heterocycles. The number of nitrogens with zero attached hydrogens (tertiary/aromatic N) is 1. The molecule has 29 heavy (non-hydrogen) atoms. The molecule has 0 saturated carbocycles. The fourth-order valence-corrected chi connectivity index (χ4v) is 3.69. The van der Waals surface area contributed by atoms with Gasteiger partial charge in [-0.1, -0.05) is 11.6 Å². The molecule has 0 spiro atoms. The van der Waals surface area contributed by atoms with Crippen molar-refractivity contribution in [3.05, 3.63) is 76.8 Å². The molecule has 2 aromatic carbocycles. The highest BCUT2D eigenvalue weighted by molar-refractivity contribution is 7.89. The van der Waals surface area contributed by atoms with Crippen molar-refractivity contribution in [3.63, 3.8) is 0 Å². The number of sulfonamides is 1. The lowest BCUT2D eigenvalue weighted by Gasteiger charge is -2.13. The van der Waals surface area contributed by atoms with Crippen molar-refractivity contribution >= 4 is 27.5 Å². The minimum atomic E-state index is -3.70. The van der Waals surface area contributed by atoms with Gasteiger partial charge >= 0.3 is 0 Å². The number of amides is 1. The van der Waals surface area contributed by atoms with Crippen LogP contribution in [0.5, 0.6) is 0 Å². The quantitative estimate of drug-likeness (QED) is 0.635. The van der Waals surface area contributed by atoms with Gasteiger partial charge in [0, 0.05) is 19.7 Å². The molecule has 152 valence electrons. The van der Waals surface area contributed by atoms with Crippen LogP contribution in [0.1, 0.15) is 16.1 Å². The van der Waals surface area contributed by atoms with Gasteiger partial charge < -0.3 is 9.73 Å². The molecule has 0 aliphatic carbocycles. The maximum Gasteiger partial charge on any atom is 0.253 e. The van der Waals surface area contributed by atoms with E-state index in [1.54, 1.807) is 24.3 Å². The smallest absolute Gasteiger partial charge is 0.253 e. The number of benzene rings is 2. The Labute approximate surface area is 173 Å². The summed E-state index contributed by atoms with van der Waals surface area (Å²) in [4.78, 5) is 12.5. The first kappa shape index (κ1) is 21.0. The van der Waals surface area contributed by atoms with E-state index >= 15 is 0 Å². The van der Waals surface area contributed by atoms with Crippen LogP contribution in [0, 0.1) is 5.82 Å². The fourth-order valence-electron chi connectivity index (χ4n) is 2.55. The van der Waals surface area contributed by atoms with Crippen molar-refractivity contribution < 1.29 is 22.0 Å². The molecule has 0 aliphatic heterocycles. The second-order valence-electron chi connectivity index (χ2n) is 6.38. The standard InChI is InChI=1S/C20H18ClFN2O4S/c1-24(2)29(26,27)16-8-9-18(21)17(11-16)20(25)23-12-15-7-10-19(28-15)13-3-5-14(22)6-4-13/h3-11H,12H2,1-2H3,(H,23,25). The molecule has 1 N–H and O–H groups in total. The van der Waals surface area contributed by atoms with E-state index in [1.165, 1.54) is 44.4 Å². The number of hydrogen-bond acceptors (Lipinski definition) is 4. The first-order chi connectivity index (χ1) is 13.7. The van der Waals surface area contributed by atoms with Gasteiger partial charge in [-0.15, -0.1) is 0 Å². The number of hydrogen-bond donors (Lipinski definition) is 1. The molecule has 1 heterocycles. The van der Waals surface area contributed by atoms with E-state index in [0.29, 0.717) is 17.1 Å². The molecule has 3 aromatic rings. The van der Waals surface area contributed by atoms with Gasteiger partial charge in [-0.25, -0.2) is 17.1 Å². The zero-order chi connectivity index (χ0) is 21.2. The monoisotopic (exact) mass is 436 g/mol. The third-order valence-corrected chi connectivity index (χ3v) is 6.32. The summed E-state index contributed by atoms with van der Waals surface area (Å²) < 4.78 is 44.3. The fraction of sp³-hybridized carbons (Fsp3) is 0.150. The third kappa shape index (κ3) is 4.67. The Bertz CT molecular complexity index is 1140. The van der Waals surface area contributed by atoms with Crippen molar-refractivity contribution in [2.45, 2.75) is 11.4 Å². The number of furan rings is 1. The zero-order valence-electron chi connectivity index (χ0n) is 15.6. The Hall–Kier alpha value is -2.68. The van der Waals surface area contributed by atoms with Crippen LogP contribution in [0.15, 0.2) is 63.9 Å². The second kappa shape index (κ2) is 8.36.